The summed E-state index contributed by atoms with van der Waals surface area (Å²) < 4.78 is 5.25. The maximum absolute atomic E-state index is 12.8. The van der Waals surface area contributed by atoms with E-state index in [-0.39, 0.29) is 24.2 Å². The number of fused-ring (bicyclic) bond motifs is 1. The maximum atomic E-state index is 12.8. The molecule has 3 aromatic rings. The third-order valence-electron chi connectivity index (χ3n) is 7.36. The highest BCUT2D eigenvalue weighted by atomic mass is 16.1. The maximum Gasteiger partial charge on any atom is 0.252 e. The van der Waals surface area contributed by atoms with Crippen molar-refractivity contribution in [3.63, 3.8) is 0 Å². The van der Waals surface area contributed by atoms with Crippen molar-refractivity contribution in [3.05, 3.63) is 40.1 Å². The molecule has 3 aromatic heterocycles. The van der Waals surface area contributed by atoms with Crippen LogP contribution in [0.3, 0.4) is 0 Å². The van der Waals surface area contributed by atoms with E-state index in [9.17, 15) is 4.79 Å². The molecular formula is C25H36N8O. The summed E-state index contributed by atoms with van der Waals surface area (Å²) in [7, 11) is 1.76. The number of aryl methyl sites for hydroxylation is 3. The molecule has 1 aliphatic rings. The summed E-state index contributed by atoms with van der Waals surface area (Å²) in [6.45, 7) is 13.7. The molecule has 0 aliphatic carbocycles. The smallest absolute Gasteiger partial charge is 0.252 e. The summed E-state index contributed by atoms with van der Waals surface area (Å²) >= 11 is 0. The van der Waals surface area contributed by atoms with Crippen LogP contribution >= 0.6 is 0 Å². The topological polar surface area (TPSA) is 87.9 Å². The quantitative estimate of drug-likeness (QED) is 0.534. The largest absolute Gasteiger partial charge is 0.364 e. The first-order chi connectivity index (χ1) is 16.3. The minimum Gasteiger partial charge on any atom is -0.364 e. The molecule has 1 unspecified atom stereocenters. The third-order valence-corrected chi connectivity index (χ3v) is 7.36. The molecule has 1 saturated heterocycles. The molecule has 0 radical (unpaired) electrons. The van der Waals surface area contributed by atoms with Crippen LogP contribution in [0.4, 0.5) is 5.69 Å². The highest BCUT2D eigenvalue weighted by molar-refractivity contribution is 5.88. The van der Waals surface area contributed by atoms with Crippen LogP contribution < -0.4 is 10.5 Å². The van der Waals surface area contributed by atoms with E-state index in [0.29, 0.717) is 6.04 Å². The zero-order valence-corrected chi connectivity index (χ0v) is 21.2. The Bertz CT molecular complexity index is 1260. The lowest BCUT2D eigenvalue weighted by Gasteiger charge is -2.49. The van der Waals surface area contributed by atoms with Crippen LogP contribution in [0.15, 0.2) is 23.3 Å². The van der Waals surface area contributed by atoms with Gasteiger partial charge in [-0.2, -0.15) is 15.5 Å². The number of aromatic nitrogens is 5. The lowest BCUT2D eigenvalue weighted by atomic mass is 9.97. The van der Waals surface area contributed by atoms with Crippen molar-refractivity contribution in [1.29, 1.82) is 5.26 Å². The number of hydrogen-bond acceptors (Lipinski definition) is 6. The summed E-state index contributed by atoms with van der Waals surface area (Å²) in [6, 6.07) is 4.64. The van der Waals surface area contributed by atoms with Crippen molar-refractivity contribution < 1.29 is 0 Å². The van der Waals surface area contributed by atoms with Gasteiger partial charge >= 0.3 is 0 Å². The number of pyridine rings is 1. The fourth-order valence-corrected chi connectivity index (χ4v) is 5.33. The Kier molecular flexibility index (Phi) is 6.80. The average molecular weight is 465 g/mol. The summed E-state index contributed by atoms with van der Waals surface area (Å²) in [4.78, 5) is 17.8. The summed E-state index contributed by atoms with van der Waals surface area (Å²) in [6.07, 6.45) is 5.89. The normalized spacial score (nSPS) is 20.1. The lowest BCUT2D eigenvalue weighted by molar-refractivity contribution is 0.0985. The molecule has 0 saturated carbocycles. The van der Waals surface area contributed by atoms with Gasteiger partial charge in [0.25, 0.3) is 5.56 Å². The van der Waals surface area contributed by atoms with E-state index < -0.39 is 0 Å². The zero-order chi connectivity index (χ0) is 24.6. The minimum absolute atomic E-state index is 0.0570. The summed E-state index contributed by atoms with van der Waals surface area (Å²) in [5.74, 6) is 0. The van der Waals surface area contributed by atoms with E-state index in [0.717, 1.165) is 54.9 Å². The Morgan fingerprint density at radius 3 is 2.47 bits per heavy atom. The molecule has 0 N–H and O–H groups in total. The van der Waals surface area contributed by atoms with Gasteiger partial charge < -0.3 is 9.47 Å². The van der Waals surface area contributed by atoms with Crippen LogP contribution in [0.25, 0.3) is 11.0 Å². The molecule has 0 bridgehead atoms. The molecule has 9 heteroatoms. The fourth-order valence-electron chi connectivity index (χ4n) is 5.33. The molecule has 4 heterocycles. The van der Waals surface area contributed by atoms with Crippen molar-refractivity contribution >= 4 is 16.7 Å². The monoisotopic (exact) mass is 464 g/mol. The molecule has 1 fully saturated rings. The van der Waals surface area contributed by atoms with E-state index in [1.54, 1.807) is 28.6 Å². The van der Waals surface area contributed by atoms with Crippen molar-refractivity contribution in [2.24, 2.45) is 7.05 Å². The third kappa shape index (κ3) is 4.11. The van der Waals surface area contributed by atoms with Crippen LogP contribution in [-0.2, 0) is 20.1 Å². The van der Waals surface area contributed by atoms with Gasteiger partial charge in [-0.25, -0.2) is 0 Å². The average Bonchev–Trinajstić information content (AvgIpc) is 3.43. The van der Waals surface area contributed by atoms with Gasteiger partial charge in [0.15, 0.2) is 0 Å². The Morgan fingerprint density at radius 1 is 1.12 bits per heavy atom. The molecule has 9 nitrogen and oxygen atoms in total. The van der Waals surface area contributed by atoms with Crippen molar-refractivity contribution in [3.8, 4) is 6.07 Å². The van der Waals surface area contributed by atoms with Gasteiger partial charge in [-0.3, -0.25) is 19.1 Å². The number of nitriles is 1. The zero-order valence-electron chi connectivity index (χ0n) is 21.2. The highest BCUT2D eigenvalue weighted by Crippen LogP contribution is 2.34. The molecule has 34 heavy (non-hydrogen) atoms. The van der Waals surface area contributed by atoms with Crippen LogP contribution in [0.5, 0.6) is 0 Å². The van der Waals surface area contributed by atoms with E-state index in [2.05, 4.69) is 56.7 Å². The van der Waals surface area contributed by atoms with Gasteiger partial charge in [-0.1, -0.05) is 13.8 Å². The van der Waals surface area contributed by atoms with Crippen molar-refractivity contribution in [1.82, 2.24) is 29.0 Å². The summed E-state index contributed by atoms with van der Waals surface area (Å²) in [5.41, 5.74) is 4.74. The predicted octanol–water partition coefficient (Wildman–Crippen LogP) is 3.22. The van der Waals surface area contributed by atoms with Gasteiger partial charge in [0.1, 0.15) is 12.1 Å². The standard InChI is InChI=1S/C25H36N8O/c1-7-19-15-33(21-12-23(34)29(6)22-16-31(11-10-26)28-25(21)22)20(8-2)14-32(19)18(5)24-17(4)13-30(9-3)27-24/h12-13,16,18-20H,7-9,11,14-15H2,1-6H3/t18?,19-,20+/m1/s1. The second-order valence-corrected chi connectivity index (χ2v) is 9.35. The minimum atomic E-state index is -0.0570. The molecule has 182 valence electrons. The first-order valence-electron chi connectivity index (χ1n) is 12.3. The highest BCUT2D eigenvalue weighted by Gasteiger charge is 2.37. The Morgan fingerprint density at radius 2 is 1.85 bits per heavy atom. The second kappa shape index (κ2) is 9.63. The van der Waals surface area contributed by atoms with Crippen molar-refractivity contribution in [2.45, 2.75) is 78.7 Å². The van der Waals surface area contributed by atoms with Crippen LogP contribution in [0.1, 0.15) is 57.8 Å². The van der Waals surface area contributed by atoms with Gasteiger partial charge in [0, 0.05) is 51.0 Å². The van der Waals surface area contributed by atoms with Crippen LogP contribution in [0.2, 0.25) is 0 Å². The lowest BCUT2D eigenvalue weighted by Crippen LogP contribution is -2.59. The SMILES string of the molecule is CC[C@H]1CN(C(C)c2nn(CC)cc2C)[C@H](CC)CN1c1cc(=O)n(C)c2cn(CC#N)nc12. The molecule has 0 aromatic carbocycles. The van der Waals surface area contributed by atoms with Crippen LogP contribution in [-0.4, -0.2) is 54.2 Å². The van der Waals surface area contributed by atoms with E-state index in [1.807, 2.05) is 4.68 Å². The number of piperazine rings is 1. The molecule has 4 rings (SSSR count). The van der Waals surface area contributed by atoms with Crippen molar-refractivity contribution in [2.75, 3.05) is 18.0 Å². The first-order valence-corrected chi connectivity index (χ1v) is 12.3. The second-order valence-electron chi connectivity index (χ2n) is 9.35. The first kappa shape index (κ1) is 24.0. The van der Waals surface area contributed by atoms with Gasteiger partial charge in [0.05, 0.1) is 35.2 Å². The number of hydrogen-bond donors (Lipinski definition) is 0. The van der Waals surface area contributed by atoms with Gasteiger partial charge in [0.2, 0.25) is 0 Å². The molecule has 0 spiro atoms. The number of rotatable bonds is 7. The summed E-state index contributed by atoms with van der Waals surface area (Å²) in [5, 5.41) is 18.7. The molecule has 0 amide bonds. The van der Waals surface area contributed by atoms with E-state index in [1.165, 1.54) is 5.56 Å². The number of nitrogens with zero attached hydrogens (tertiary/aromatic N) is 8. The predicted molar refractivity (Wildman–Crippen MR) is 134 cm³/mol. The molecular weight excluding hydrogens is 428 g/mol. The molecule has 3 atom stereocenters. The van der Waals surface area contributed by atoms with Gasteiger partial charge in [-0.15, -0.1) is 0 Å². The van der Waals surface area contributed by atoms with E-state index >= 15 is 0 Å². The number of anilines is 1. The Balaban J connectivity index is 1.72. The van der Waals surface area contributed by atoms with Gasteiger partial charge in [-0.05, 0) is 39.2 Å². The Hall–Kier alpha value is -3.12. The van der Waals surface area contributed by atoms with Crippen LogP contribution in [0, 0.1) is 18.3 Å². The molecule has 1 aliphatic heterocycles. The Labute approximate surface area is 201 Å². The van der Waals surface area contributed by atoms with E-state index in [4.69, 9.17) is 15.5 Å². The fraction of sp³-hybridized carbons (Fsp3) is 0.600.